The number of aromatic nitrogens is 2. The lowest BCUT2D eigenvalue weighted by molar-refractivity contribution is -0.384. The Kier molecular flexibility index (Phi) is 7.86. The van der Waals surface area contributed by atoms with Crippen molar-refractivity contribution in [1.29, 1.82) is 5.26 Å². The topological polar surface area (TPSA) is 110 Å². The van der Waals surface area contributed by atoms with E-state index in [1.165, 1.54) is 30.0 Å². The highest BCUT2D eigenvalue weighted by molar-refractivity contribution is 7.99. The van der Waals surface area contributed by atoms with Crippen molar-refractivity contribution in [2.45, 2.75) is 10.1 Å². The fourth-order valence-electron chi connectivity index (χ4n) is 3.99. The van der Waals surface area contributed by atoms with Gasteiger partial charge in [-0.05, 0) is 35.5 Å². The first-order valence-electron chi connectivity index (χ1n) is 12.2. The molecule has 40 heavy (non-hydrogen) atoms. The number of rotatable bonds is 8. The van der Waals surface area contributed by atoms with Gasteiger partial charge < -0.3 is 0 Å². The number of hydrogen-bond acceptors (Lipinski definition) is 7. The Morgan fingerprint density at radius 1 is 0.800 bits per heavy atom. The number of nitro groups is 1. The number of nitro benzene ring substituents is 1. The highest BCUT2D eigenvalue weighted by Gasteiger charge is 2.17. The van der Waals surface area contributed by atoms with Crippen LogP contribution in [0.5, 0.6) is 0 Å². The second-order valence-electron chi connectivity index (χ2n) is 8.60. The molecule has 0 aliphatic carbocycles. The van der Waals surface area contributed by atoms with E-state index in [9.17, 15) is 20.2 Å². The molecule has 1 heterocycles. The van der Waals surface area contributed by atoms with Crippen LogP contribution in [-0.4, -0.2) is 20.7 Å². The molecule has 0 atom stereocenters. The van der Waals surface area contributed by atoms with Gasteiger partial charge in [0.15, 0.2) is 5.16 Å². The first-order chi connectivity index (χ1) is 19.5. The van der Waals surface area contributed by atoms with Crippen molar-refractivity contribution in [3.63, 3.8) is 0 Å². The van der Waals surface area contributed by atoms with E-state index in [1.54, 1.807) is 36.4 Å². The Hall–Kier alpha value is -5.39. The number of benzene rings is 4. The smallest absolute Gasteiger partial charge is 0.270 e. The van der Waals surface area contributed by atoms with Crippen molar-refractivity contribution >= 4 is 29.3 Å². The second-order valence-corrected chi connectivity index (χ2v) is 9.61. The Balaban J connectivity index is 1.61. The zero-order chi connectivity index (χ0) is 27.9. The Labute approximate surface area is 234 Å². The van der Waals surface area contributed by atoms with E-state index >= 15 is 0 Å². The summed E-state index contributed by atoms with van der Waals surface area (Å²) in [6, 6.07) is 36.0. The first-order valence-corrected chi connectivity index (χ1v) is 13.0. The van der Waals surface area contributed by atoms with Crippen LogP contribution >= 0.6 is 11.8 Å². The molecule has 0 aliphatic heterocycles. The van der Waals surface area contributed by atoms with E-state index in [0.29, 0.717) is 32.6 Å². The summed E-state index contributed by atoms with van der Waals surface area (Å²) < 4.78 is 0. The molecule has 0 saturated carbocycles. The zero-order valence-electron chi connectivity index (χ0n) is 21.0. The lowest BCUT2D eigenvalue weighted by Crippen LogP contribution is -2.02. The number of carbonyl (C=O) groups excluding carboxylic acids is 1. The van der Waals surface area contributed by atoms with Gasteiger partial charge in [-0.25, -0.2) is 9.97 Å². The van der Waals surface area contributed by atoms with Crippen LogP contribution in [-0.2, 0) is 0 Å². The van der Waals surface area contributed by atoms with E-state index < -0.39 is 10.7 Å². The van der Waals surface area contributed by atoms with Crippen molar-refractivity contribution < 1.29 is 9.72 Å². The minimum absolute atomic E-state index is 0.141. The van der Waals surface area contributed by atoms with E-state index in [0.717, 1.165) is 11.1 Å². The molecule has 0 saturated heterocycles. The third-order valence-corrected chi connectivity index (χ3v) is 6.91. The molecule has 0 radical (unpaired) electrons. The van der Waals surface area contributed by atoms with Gasteiger partial charge in [-0.3, -0.25) is 14.9 Å². The van der Waals surface area contributed by atoms with Gasteiger partial charge in [-0.15, -0.1) is 0 Å². The number of nitrogens with zero attached hydrogens (tertiary/aromatic N) is 4. The second kappa shape index (κ2) is 12.0. The number of nitriles is 1. The van der Waals surface area contributed by atoms with Crippen LogP contribution in [0.2, 0.25) is 0 Å². The number of non-ortho nitro benzene ring substituents is 1. The van der Waals surface area contributed by atoms with Crippen LogP contribution in [0.3, 0.4) is 0 Å². The highest BCUT2D eigenvalue weighted by atomic mass is 32.2. The summed E-state index contributed by atoms with van der Waals surface area (Å²) in [4.78, 5) is 34.2. The molecule has 0 bridgehead atoms. The molecule has 192 valence electrons. The summed E-state index contributed by atoms with van der Waals surface area (Å²) in [6.45, 7) is 0. The molecule has 5 rings (SSSR count). The van der Waals surface area contributed by atoms with E-state index in [1.807, 2.05) is 72.8 Å². The van der Waals surface area contributed by atoms with Crippen molar-refractivity contribution in [2.75, 3.05) is 0 Å². The summed E-state index contributed by atoms with van der Waals surface area (Å²) in [7, 11) is 0. The maximum atomic E-state index is 13.0. The molecular weight excluding hydrogens is 520 g/mol. The lowest BCUT2D eigenvalue weighted by Gasteiger charge is -2.10. The molecule has 4 aromatic carbocycles. The predicted octanol–water partition coefficient (Wildman–Crippen LogP) is 7.66. The number of hydrogen-bond donors (Lipinski definition) is 0. The molecule has 0 unspecified atom stereocenters. The molecule has 0 amide bonds. The summed E-state index contributed by atoms with van der Waals surface area (Å²) in [5.41, 5.74) is 3.64. The summed E-state index contributed by atoms with van der Waals surface area (Å²) in [6.07, 6.45) is 1.38. The average molecular weight is 541 g/mol. The standard InChI is InChI=1S/C32H20N4O3S/c33-21-26(31(37)24-14-8-3-9-15-24)18-25-19-27(36(38)39)16-17-30(25)40-32-34-28(22-10-4-1-5-11-22)20-29(35-32)23-12-6-2-7-13-23/h1-20H/b26-18-. The maximum absolute atomic E-state index is 13.0. The third-order valence-electron chi connectivity index (χ3n) is 5.95. The van der Waals surface area contributed by atoms with Gasteiger partial charge in [0, 0.05) is 33.7 Å². The Bertz CT molecular complexity index is 1710. The number of allylic oxidation sites excluding steroid dienone is 1. The molecule has 0 fully saturated rings. The lowest BCUT2D eigenvalue weighted by atomic mass is 10.0. The van der Waals surface area contributed by atoms with Crippen LogP contribution in [0, 0.1) is 21.4 Å². The Morgan fingerprint density at radius 3 is 1.88 bits per heavy atom. The fraction of sp³-hybridized carbons (Fsp3) is 0. The van der Waals surface area contributed by atoms with Crippen LogP contribution in [0.15, 0.2) is 131 Å². The molecule has 0 spiro atoms. The summed E-state index contributed by atoms with van der Waals surface area (Å²) in [5.74, 6) is -0.473. The molecular formula is C32H20N4O3S. The molecule has 0 aliphatic rings. The van der Waals surface area contributed by atoms with E-state index in [4.69, 9.17) is 9.97 Å². The summed E-state index contributed by atoms with van der Waals surface area (Å²) >= 11 is 1.20. The van der Waals surface area contributed by atoms with Crippen LogP contribution in [0.1, 0.15) is 15.9 Å². The highest BCUT2D eigenvalue weighted by Crippen LogP contribution is 2.35. The SMILES string of the molecule is N#C/C(=C/c1cc([N+](=O)[O-])ccc1Sc1nc(-c2ccccc2)cc(-c2ccccc2)n1)C(=O)c1ccccc1. The van der Waals surface area contributed by atoms with Gasteiger partial charge in [0.05, 0.1) is 16.3 Å². The quantitative estimate of drug-likeness (QED) is 0.0496. The minimum Gasteiger partial charge on any atom is -0.288 e. The van der Waals surface area contributed by atoms with Gasteiger partial charge in [0.25, 0.3) is 5.69 Å². The first kappa shape index (κ1) is 26.2. The van der Waals surface area contributed by atoms with Crippen molar-refractivity contribution in [2.24, 2.45) is 0 Å². The minimum atomic E-state index is -0.517. The maximum Gasteiger partial charge on any atom is 0.270 e. The van der Waals surface area contributed by atoms with Crippen LogP contribution in [0.25, 0.3) is 28.6 Å². The van der Waals surface area contributed by atoms with Crippen molar-refractivity contribution in [3.8, 4) is 28.6 Å². The van der Waals surface area contributed by atoms with E-state index in [2.05, 4.69) is 0 Å². The average Bonchev–Trinajstić information content (AvgIpc) is 3.01. The van der Waals surface area contributed by atoms with Gasteiger partial charge in [0.1, 0.15) is 11.6 Å². The molecule has 5 aromatic rings. The normalized spacial score (nSPS) is 11.0. The van der Waals surface area contributed by atoms with Crippen LogP contribution < -0.4 is 0 Å². The van der Waals surface area contributed by atoms with Gasteiger partial charge >= 0.3 is 0 Å². The monoisotopic (exact) mass is 540 g/mol. The largest absolute Gasteiger partial charge is 0.288 e. The fourth-order valence-corrected chi connectivity index (χ4v) is 4.84. The number of carbonyl (C=O) groups is 1. The molecule has 0 N–H and O–H groups in total. The Morgan fingerprint density at radius 2 is 1.35 bits per heavy atom. The zero-order valence-corrected chi connectivity index (χ0v) is 21.8. The number of ketones is 1. The van der Waals surface area contributed by atoms with Gasteiger partial charge in [0.2, 0.25) is 5.78 Å². The van der Waals surface area contributed by atoms with E-state index in [-0.39, 0.29) is 11.3 Å². The summed E-state index contributed by atoms with van der Waals surface area (Å²) in [5, 5.41) is 21.8. The van der Waals surface area contributed by atoms with Crippen LogP contribution in [0.4, 0.5) is 5.69 Å². The molecule has 7 nitrogen and oxygen atoms in total. The van der Waals surface area contributed by atoms with Crippen molar-refractivity contribution in [3.05, 3.63) is 142 Å². The molecule has 8 heteroatoms. The number of Topliss-reactive ketones (excluding diaryl/α,β-unsaturated/α-hetero) is 1. The predicted molar refractivity (Wildman–Crippen MR) is 154 cm³/mol. The van der Waals surface area contributed by atoms with Gasteiger partial charge in [-0.2, -0.15) is 5.26 Å². The third kappa shape index (κ3) is 6.01. The van der Waals surface area contributed by atoms with Crippen molar-refractivity contribution in [1.82, 2.24) is 9.97 Å². The van der Waals surface area contributed by atoms with Gasteiger partial charge in [-0.1, -0.05) is 91.0 Å². The molecule has 1 aromatic heterocycles.